The summed E-state index contributed by atoms with van der Waals surface area (Å²) in [6.07, 6.45) is 13.4. The normalized spacial score (nSPS) is 13.7. The fourth-order valence-electron chi connectivity index (χ4n) is 3.48. The molecule has 0 aliphatic carbocycles. The van der Waals surface area contributed by atoms with E-state index in [-0.39, 0.29) is 5.41 Å². The molecule has 0 atom stereocenters. The van der Waals surface area contributed by atoms with Crippen LogP contribution in [0.4, 0.5) is 0 Å². The summed E-state index contributed by atoms with van der Waals surface area (Å²) in [6.45, 7) is 16.9. The maximum atomic E-state index is 8.54. The number of aromatic nitrogens is 2. The quantitative estimate of drug-likeness (QED) is 0.233. The topological polar surface area (TPSA) is 111 Å². The van der Waals surface area contributed by atoms with E-state index in [4.69, 9.17) is 26.1 Å². The van der Waals surface area contributed by atoms with Gasteiger partial charge in [-0.15, -0.1) is 0 Å². The average Bonchev–Trinajstić information content (AvgIpc) is 3.53. The Morgan fingerprint density at radius 2 is 1.82 bits per heavy atom. The third kappa shape index (κ3) is 11.5. The van der Waals surface area contributed by atoms with Gasteiger partial charge in [-0.1, -0.05) is 46.8 Å². The molecule has 3 heterocycles. The van der Waals surface area contributed by atoms with Gasteiger partial charge in [-0.05, 0) is 70.2 Å². The first kappa shape index (κ1) is 34.9. The summed E-state index contributed by atoms with van der Waals surface area (Å²) < 4.78 is 0. The number of pyridine rings is 2. The maximum absolute atomic E-state index is 8.54. The molecule has 0 amide bonds. The molecular formula is C31H50N6O. The lowest BCUT2D eigenvalue weighted by Gasteiger charge is -2.17. The van der Waals surface area contributed by atoms with Crippen LogP contribution in [0.3, 0.4) is 0 Å². The van der Waals surface area contributed by atoms with Crippen LogP contribution >= 0.6 is 0 Å². The first-order valence-corrected chi connectivity index (χ1v) is 13.9. The van der Waals surface area contributed by atoms with E-state index in [2.05, 4.69) is 42.0 Å². The molecule has 3 rings (SSSR count). The van der Waals surface area contributed by atoms with Gasteiger partial charge in [0.05, 0.1) is 34.1 Å². The predicted molar refractivity (Wildman–Crippen MR) is 163 cm³/mol. The van der Waals surface area contributed by atoms with Crippen molar-refractivity contribution in [2.45, 2.75) is 87.1 Å². The molecule has 210 valence electrons. The molecule has 1 fully saturated rings. The van der Waals surface area contributed by atoms with Gasteiger partial charge in [0, 0.05) is 38.3 Å². The van der Waals surface area contributed by atoms with E-state index in [1.54, 1.807) is 0 Å². The van der Waals surface area contributed by atoms with Gasteiger partial charge in [0.2, 0.25) is 0 Å². The molecule has 1 aliphatic heterocycles. The molecule has 7 heteroatoms. The van der Waals surface area contributed by atoms with Gasteiger partial charge in [0.25, 0.3) is 0 Å². The van der Waals surface area contributed by atoms with E-state index >= 15 is 0 Å². The minimum atomic E-state index is -0.0694. The maximum Gasteiger partial charge on any atom is 0.102 e. The lowest BCUT2D eigenvalue weighted by Crippen LogP contribution is -2.25. The predicted octanol–water partition coefficient (Wildman–Crippen LogP) is 6.88. The van der Waals surface area contributed by atoms with Crippen LogP contribution in [-0.2, 0) is 6.54 Å². The summed E-state index contributed by atoms with van der Waals surface area (Å²) in [7, 11) is 1.00. The van der Waals surface area contributed by atoms with Gasteiger partial charge in [-0.3, -0.25) is 4.98 Å². The zero-order chi connectivity index (χ0) is 29.0. The molecule has 0 bridgehead atoms. The average molecular weight is 523 g/mol. The second-order valence-electron chi connectivity index (χ2n) is 8.89. The minimum Gasteiger partial charge on any atom is -0.400 e. The van der Waals surface area contributed by atoms with Crippen LogP contribution in [-0.4, -0.2) is 46.0 Å². The largest absolute Gasteiger partial charge is 0.400 e. The van der Waals surface area contributed by atoms with Gasteiger partial charge < -0.3 is 15.7 Å². The summed E-state index contributed by atoms with van der Waals surface area (Å²) in [5.74, 6) is 1.05. The first-order chi connectivity index (χ1) is 18.4. The molecule has 0 unspecified atom stereocenters. The molecule has 3 N–H and O–H groups in total. The Labute approximate surface area is 231 Å². The zero-order valence-electron chi connectivity index (χ0n) is 25.0. The molecule has 38 heavy (non-hydrogen) atoms. The van der Waals surface area contributed by atoms with Crippen LogP contribution in [0.15, 0.2) is 47.6 Å². The third-order valence-corrected chi connectivity index (χ3v) is 6.40. The number of nitrogens with two attached hydrogens (primary N) is 1. The molecule has 0 radical (unpaired) electrons. The molecule has 1 aliphatic rings. The molecular weight excluding hydrogens is 472 g/mol. The number of likely N-dealkylation sites (tertiary alicyclic amines) is 1. The highest BCUT2D eigenvalue weighted by Gasteiger charge is 2.17. The van der Waals surface area contributed by atoms with Gasteiger partial charge >= 0.3 is 0 Å². The highest BCUT2D eigenvalue weighted by atomic mass is 16.2. The number of aliphatic imine (C=N–C) groups is 1. The van der Waals surface area contributed by atoms with Crippen molar-refractivity contribution in [2.75, 3.05) is 20.2 Å². The third-order valence-electron chi connectivity index (χ3n) is 6.40. The monoisotopic (exact) mass is 522 g/mol. The van der Waals surface area contributed by atoms with Crippen LogP contribution in [0.25, 0.3) is 16.6 Å². The van der Waals surface area contributed by atoms with E-state index in [0.29, 0.717) is 6.54 Å². The molecule has 0 aromatic carbocycles. The second-order valence-corrected chi connectivity index (χ2v) is 8.89. The highest BCUT2D eigenvalue weighted by Crippen LogP contribution is 2.23. The Morgan fingerprint density at radius 3 is 2.32 bits per heavy atom. The van der Waals surface area contributed by atoms with E-state index in [1.165, 1.54) is 12.8 Å². The van der Waals surface area contributed by atoms with Crippen LogP contribution in [0.1, 0.15) is 92.0 Å². The van der Waals surface area contributed by atoms with E-state index in [1.807, 2.05) is 65.1 Å². The summed E-state index contributed by atoms with van der Waals surface area (Å²) in [6, 6.07) is 8.29. The van der Waals surface area contributed by atoms with Crippen LogP contribution < -0.4 is 5.73 Å². The Balaban J connectivity index is 0.000000970. The Hall–Kier alpha value is -3.08. The lowest BCUT2D eigenvalue weighted by molar-refractivity contribution is 0.399. The van der Waals surface area contributed by atoms with Gasteiger partial charge in [0.15, 0.2) is 0 Å². The SMILES string of the molecule is CC.CC/C=C/C=C(\N=C(C)N1CCCC1)c1ccc2cnc(CN)cc2n1.CCC(C)(C#N)CC.CO. The summed E-state index contributed by atoms with van der Waals surface area (Å²) in [5.41, 5.74) is 9.14. The Bertz CT molecular complexity index is 1060. The standard InChI is InChI=1S/C21H27N5.C7H13N.C2H6.CH4O/c1-3-4-5-8-19(24-16(2)26-11-6-7-12-26)20-10-9-17-15-23-18(14-22)13-21(17)25-20;1-4-7(3,5-2)6-8;2*1-2/h4-5,8-10,13,15H,3,6-7,11-12,14,22H2,1-2H3;4-5H2,1-3H3;1-2H3;2H,1H3/b5-4+,19-8-,24-16?;;;. The fourth-order valence-corrected chi connectivity index (χ4v) is 3.48. The Morgan fingerprint density at radius 1 is 1.18 bits per heavy atom. The van der Waals surface area contributed by atoms with Crippen LogP contribution in [0.5, 0.6) is 0 Å². The summed E-state index contributed by atoms with van der Waals surface area (Å²) in [5, 5.41) is 16.5. The van der Waals surface area contributed by atoms with Crippen LogP contribution in [0.2, 0.25) is 0 Å². The zero-order valence-corrected chi connectivity index (χ0v) is 25.0. The van der Waals surface area contributed by atoms with Crippen molar-refractivity contribution in [1.29, 1.82) is 5.26 Å². The molecule has 7 nitrogen and oxygen atoms in total. The van der Waals surface area contributed by atoms with Crippen molar-refractivity contribution >= 4 is 22.4 Å². The molecule has 2 aromatic heterocycles. The van der Waals surface area contributed by atoms with Crippen molar-refractivity contribution in [3.63, 3.8) is 0 Å². The van der Waals surface area contributed by atoms with Gasteiger partial charge in [-0.25, -0.2) is 9.98 Å². The number of allylic oxidation sites excluding steroid dienone is 3. The van der Waals surface area contributed by atoms with E-state index < -0.39 is 0 Å². The molecule has 0 spiro atoms. The number of nitrogens with zero attached hydrogens (tertiary/aromatic N) is 5. The van der Waals surface area contributed by atoms with Crippen molar-refractivity contribution in [3.05, 3.63) is 54.0 Å². The summed E-state index contributed by atoms with van der Waals surface area (Å²) >= 11 is 0. The van der Waals surface area contributed by atoms with Crippen molar-refractivity contribution in [3.8, 4) is 6.07 Å². The fraction of sp³-hybridized carbons (Fsp3) is 0.548. The Kier molecular flexibility index (Phi) is 18.3. The van der Waals surface area contributed by atoms with E-state index in [0.717, 1.165) is 73.3 Å². The summed E-state index contributed by atoms with van der Waals surface area (Å²) in [4.78, 5) is 16.4. The highest BCUT2D eigenvalue weighted by molar-refractivity contribution is 5.87. The number of aliphatic hydroxyl groups is 1. The number of amidine groups is 1. The first-order valence-electron chi connectivity index (χ1n) is 13.9. The molecule has 1 saturated heterocycles. The van der Waals surface area contributed by atoms with Gasteiger partial charge in [-0.2, -0.15) is 5.26 Å². The number of hydrogen-bond donors (Lipinski definition) is 2. The molecule has 0 saturated carbocycles. The van der Waals surface area contributed by atoms with Crippen molar-refractivity contribution in [1.82, 2.24) is 14.9 Å². The smallest absolute Gasteiger partial charge is 0.102 e. The number of fused-ring (bicyclic) bond motifs is 1. The van der Waals surface area contributed by atoms with Crippen molar-refractivity contribution < 1.29 is 5.11 Å². The van der Waals surface area contributed by atoms with Gasteiger partial charge in [0.1, 0.15) is 5.84 Å². The minimum absolute atomic E-state index is 0.0694. The molecule has 2 aromatic rings. The second kappa shape index (κ2) is 20.0. The lowest BCUT2D eigenvalue weighted by atomic mass is 9.87. The number of hydrogen-bond acceptors (Lipinski definition) is 6. The van der Waals surface area contributed by atoms with Crippen LogP contribution in [0, 0.1) is 16.7 Å². The van der Waals surface area contributed by atoms with E-state index in [9.17, 15) is 0 Å². The number of aliphatic hydroxyl groups excluding tert-OH is 1. The number of nitriles is 1. The van der Waals surface area contributed by atoms with Crippen molar-refractivity contribution in [2.24, 2.45) is 16.1 Å². The number of rotatable bonds is 7.